The lowest BCUT2D eigenvalue weighted by molar-refractivity contribution is 0.102. The van der Waals surface area contributed by atoms with E-state index in [1.807, 2.05) is 23.9 Å². The Balaban J connectivity index is 2.06. The molecule has 0 aromatic heterocycles. The minimum absolute atomic E-state index is 0.00524. The highest BCUT2D eigenvalue weighted by molar-refractivity contribution is 7.89. The highest BCUT2D eigenvalue weighted by Crippen LogP contribution is 2.22. The molecule has 0 saturated heterocycles. The van der Waals surface area contributed by atoms with Gasteiger partial charge in [0.2, 0.25) is 0 Å². The Kier molecular flexibility index (Phi) is 7.35. The summed E-state index contributed by atoms with van der Waals surface area (Å²) < 4.78 is 29.3. The predicted octanol–water partition coefficient (Wildman–Crippen LogP) is 3.27. The van der Waals surface area contributed by atoms with Crippen molar-refractivity contribution in [2.24, 2.45) is 0 Å². The van der Waals surface area contributed by atoms with Gasteiger partial charge in [-0.05, 0) is 61.4 Å². The van der Waals surface area contributed by atoms with Crippen LogP contribution in [0.25, 0.3) is 0 Å². The summed E-state index contributed by atoms with van der Waals surface area (Å²) in [6.45, 7) is 4.65. The van der Waals surface area contributed by atoms with Crippen molar-refractivity contribution in [1.29, 1.82) is 0 Å². The van der Waals surface area contributed by atoms with Gasteiger partial charge in [-0.1, -0.05) is 18.2 Å². The van der Waals surface area contributed by atoms with Crippen molar-refractivity contribution in [1.82, 2.24) is 4.89 Å². The molecule has 0 atom stereocenters. The van der Waals surface area contributed by atoms with Crippen molar-refractivity contribution < 1.29 is 22.8 Å². The molecule has 0 spiro atoms. The van der Waals surface area contributed by atoms with Gasteiger partial charge in [-0.25, -0.2) is 8.42 Å². The van der Waals surface area contributed by atoms with Crippen LogP contribution < -0.4 is 14.9 Å². The fraction of sp³-hybridized carbons (Fsp3) is 0.316. The molecule has 2 aromatic carbocycles. The molecule has 27 heavy (non-hydrogen) atoms. The second-order valence-corrected chi connectivity index (χ2v) is 7.59. The molecule has 0 aliphatic rings. The summed E-state index contributed by atoms with van der Waals surface area (Å²) in [6, 6.07) is 11.0. The van der Waals surface area contributed by atoms with E-state index in [1.165, 1.54) is 31.4 Å². The molecule has 0 saturated carbocycles. The first-order valence-electron chi connectivity index (χ1n) is 8.57. The van der Waals surface area contributed by atoms with E-state index in [0.29, 0.717) is 17.9 Å². The molecule has 0 bridgehead atoms. The summed E-state index contributed by atoms with van der Waals surface area (Å²) in [4.78, 5) is 18.8. The second-order valence-electron chi connectivity index (χ2n) is 5.95. The fourth-order valence-electron chi connectivity index (χ4n) is 2.34. The Bertz CT molecular complexity index is 879. The Morgan fingerprint density at radius 1 is 1.11 bits per heavy atom. The van der Waals surface area contributed by atoms with Gasteiger partial charge in [0.1, 0.15) is 5.75 Å². The molecule has 7 nitrogen and oxygen atoms in total. The largest absolute Gasteiger partial charge is 0.494 e. The number of anilines is 1. The van der Waals surface area contributed by atoms with Gasteiger partial charge in [0.15, 0.2) is 0 Å². The monoisotopic (exact) mass is 392 g/mol. The number of hydrogen-bond donors (Lipinski definition) is 2. The summed E-state index contributed by atoms with van der Waals surface area (Å²) in [5, 5.41) is 2.82. The lowest BCUT2D eigenvalue weighted by Gasteiger charge is -2.12. The standard InChI is InChI=1S/C19H24N2O5S/c1-4-5-12-26-16-8-11-18(14(2)13-16)20-19(22)15-6-9-17(10-7-15)27(23,24)21-25-3/h6-11,13,21H,4-5,12H2,1-3H3,(H,20,22). The van der Waals surface area contributed by atoms with Crippen LogP contribution in [0.15, 0.2) is 47.4 Å². The number of unbranched alkanes of at least 4 members (excludes halogenated alkanes) is 1. The molecule has 146 valence electrons. The molecule has 0 heterocycles. The fourth-order valence-corrected chi connectivity index (χ4v) is 3.15. The molecular weight excluding hydrogens is 368 g/mol. The van der Waals surface area contributed by atoms with Crippen LogP contribution in [0.5, 0.6) is 5.75 Å². The summed E-state index contributed by atoms with van der Waals surface area (Å²) in [7, 11) is -2.54. The Hall–Kier alpha value is -2.42. The zero-order valence-corrected chi connectivity index (χ0v) is 16.4. The van der Waals surface area contributed by atoms with Crippen LogP contribution in [-0.2, 0) is 14.9 Å². The van der Waals surface area contributed by atoms with Gasteiger partial charge in [0.25, 0.3) is 15.9 Å². The van der Waals surface area contributed by atoms with Gasteiger partial charge in [0, 0.05) is 11.3 Å². The van der Waals surface area contributed by atoms with E-state index >= 15 is 0 Å². The number of carbonyl (C=O) groups excluding carboxylic acids is 1. The summed E-state index contributed by atoms with van der Waals surface area (Å²) in [6.07, 6.45) is 2.05. The minimum Gasteiger partial charge on any atom is -0.494 e. The number of ether oxygens (including phenoxy) is 1. The maximum absolute atomic E-state index is 12.4. The van der Waals surface area contributed by atoms with E-state index in [9.17, 15) is 13.2 Å². The number of sulfonamides is 1. The highest BCUT2D eigenvalue weighted by atomic mass is 32.2. The van der Waals surface area contributed by atoms with Crippen molar-refractivity contribution in [3.8, 4) is 5.75 Å². The molecule has 2 rings (SSSR count). The third-order valence-electron chi connectivity index (χ3n) is 3.83. The van der Waals surface area contributed by atoms with Crippen molar-refractivity contribution in [2.75, 3.05) is 19.0 Å². The van der Waals surface area contributed by atoms with Crippen LogP contribution in [0, 0.1) is 6.92 Å². The summed E-state index contributed by atoms with van der Waals surface area (Å²) in [5.74, 6) is 0.431. The molecule has 0 unspecified atom stereocenters. The van der Waals surface area contributed by atoms with E-state index in [1.54, 1.807) is 6.07 Å². The summed E-state index contributed by atoms with van der Waals surface area (Å²) >= 11 is 0. The van der Waals surface area contributed by atoms with Crippen molar-refractivity contribution in [3.05, 3.63) is 53.6 Å². The van der Waals surface area contributed by atoms with Crippen LogP contribution in [-0.4, -0.2) is 28.0 Å². The third-order valence-corrected chi connectivity index (χ3v) is 5.11. The number of hydrogen-bond acceptors (Lipinski definition) is 5. The van der Waals surface area contributed by atoms with E-state index in [2.05, 4.69) is 17.1 Å². The van der Waals surface area contributed by atoms with Crippen LogP contribution in [0.3, 0.4) is 0 Å². The van der Waals surface area contributed by atoms with Gasteiger partial charge in [-0.3, -0.25) is 9.63 Å². The summed E-state index contributed by atoms with van der Waals surface area (Å²) in [5.41, 5.74) is 1.88. The number of rotatable bonds is 9. The SMILES string of the molecule is CCCCOc1ccc(NC(=O)c2ccc(S(=O)(=O)NOC)cc2)c(C)c1. The number of benzene rings is 2. The second kappa shape index (κ2) is 9.50. The first kappa shape index (κ1) is 20.9. The van der Waals surface area contributed by atoms with Crippen LogP contribution in [0.2, 0.25) is 0 Å². The number of carbonyl (C=O) groups is 1. The zero-order valence-electron chi connectivity index (χ0n) is 15.6. The topological polar surface area (TPSA) is 93.7 Å². The van der Waals surface area contributed by atoms with E-state index < -0.39 is 10.0 Å². The molecule has 2 aromatic rings. The molecule has 1 amide bonds. The maximum atomic E-state index is 12.4. The zero-order chi connectivity index (χ0) is 19.9. The van der Waals surface area contributed by atoms with Crippen LogP contribution in [0.1, 0.15) is 35.7 Å². The van der Waals surface area contributed by atoms with Gasteiger partial charge in [-0.2, -0.15) is 0 Å². The van der Waals surface area contributed by atoms with E-state index in [0.717, 1.165) is 24.2 Å². The molecule has 0 aliphatic carbocycles. The van der Waals surface area contributed by atoms with Crippen molar-refractivity contribution in [3.63, 3.8) is 0 Å². The van der Waals surface area contributed by atoms with Crippen LogP contribution in [0.4, 0.5) is 5.69 Å². The lowest BCUT2D eigenvalue weighted by atomic mass is 10.1. The van der Waals surface area contributed by atoms with E-state index in [-0.39, 0.29) is 10.8 Å². The molecular formula is C19H24N2O5S. The van der Waals surface area contributed by atoms with Crippen molar-refractivity contribution in [2.45, 2.75) is 31.6 Å². The molecule has 0 fully saturated rings. The van der Waals surface area contributed by atoms with Gasteiger partial charge < -0.3 is 10.1 Å². The van der Waals surface area contributed by atoms with Gasteiger partial charge in [0.05, 0.1) is 18.6 Å². The third kappa shape index (κ3) is 5.78. The molecule has 2 N–H and O–H groups in total. The minimum atomic E-state index is -3.75. The number of nitrogens with one attached hydrogen (secondary N) is 2. The first-order valence-corrected chi connectivity index (χ1v) is 10.1. The average Bonchev–Trinajstić information content (AvgIpc) is 2.64. The quantitative estimate of drug-likeness (QED) is 0.505. The highest BCUT2D eigenvalue weighted by Gasteiger charge is 2.15. The van der Waals surface area contributed by atoms with Gasteiger partial charge >= 0.3 is 0 Å². The van der Waals surface area contributed by atoms with E-state index in [4.69, 9.17) is 4.74 Å². The smallest absolute Gasteiger partial charge is 0.262 e. The Morgan fingerprint density at radius 2 is 1.81 bits per heavy atom. The average molecular weight is 392 g/mol. The molecule has 0 aliphatic heterocycles. The Labute approximate surface area is 159 Å². The molecule has 8 heteroatoms. The lowest BCUT2D eigenvalue weighted by Crippen LogP contribution is -2.22. The number of aryl methyl sites for hydroxylation is 1. The van der Waals surface area contributed by atoms with Crippen molar-refractivity contribution >= 4 is 21.6 Å². The van der Waals surface area contributed by atoms with Gasteiger partial charge in [-0.15, -0.1) is 0 Å². The van der Waals surface area contributed by atoms with Crippen LogP contribution >= 0.6 is 0 Å². The molecule has 0 radical (unpaired) electrons. The Morgan fingerprint density at radius 3 is 2.41 bits per heavy atom. The predicted molar refractivity (Wildman–Crippen MR) is 103 cm³/mol. The maximum Gasteiger partial charge on any atom is 0.262 e. The normalized spacial score (nSPS) is 11.2. The first-order chi connectivity index (χ1) is 12.9. The number of amides is 1.